The van der Waals surface area contributed by atoms with Gasteiger partial charge in [0.25, 0.3) is 0 Å². The van der Waals surface area contributed by atoms with Gasteiger partial charge in [-0.25, -0.2) is 15.0 Å². The van der Waals surface area contributed by atoms with Crippen LogP contribution in [0.25, 0.3) is 111 Å². The van der Waals surface area contributed by atoms with Gasteiger partial charge in [0, 0.05) is 32.8 Å². The molecule has 0 aliphatic carbocycles. The number of furan rings is 1. The second-order valence-corrected chi connectivity index (χ2v) is 13.9. The Labute approximate surface area is 317 Å². The normalized spacial score (nSPS) is 11.6. The van der Waals surface area contributed by atoms with Crippen LogP contribution in [0.1, 0.15) is 0 Å². The Kier molecular flexibility index (Phi) is 7.14. The molecule has 256 valence electrons. The molecule has 0 saturated heterocycles. The van der Waals surface area contributed by atoms with Gasteiger partial charge in [-0.3, -0.25) is 0 Å². The van der Waals surface area contributed by atoms with Crippen molar-refractivity contribution in [3.8, 4) is 56.4 Å². The second-order valence-electron chi connectivity index (χ2n) is 13.9. The minimum Gasteiger partial charge on any atom is -0.455 e. The lowest BCUT2D eigenvalue weighted by molar-refractivity contribution is 0.673. The molecular formula is C51H31N3O. The first-order valence-electron chi connectivity index (χ1n) is 18.5. The van der Waals surface area contributed by atoms with E-state index in [0.29, 0.717) is 17.5 Å². The van der Waals surface area contributed by atoms with Gasteiger partial charge in [-0.1, -0.05) is 176 Å². The van der Waals surface area contributed by atoms with Crippen LogP contribution in [0.5, 0.6) is 0 Å². The number of aromatic nitrogens is 3. The molecule has 2 heterocycles. The Balaban J connectivity index is 1.09. The number of hydrogen-bond donors (Lipinski definition) is 0. The largest absolute Gasteiger partial charge is 0.455 e. The van der Waals surface area contributed by atoms with Crippen molar-refractivity contribution >= 4 is 54.3 Å². The van der Waals surface area contributed by atoms with Gasteiger partial charge in [-0.15, -0.1) is 0 Å². The fraction of sp³-hybridized carbons (Fsp3) is 0. The number of rotatable bonds is 5. The quantitative estimate of drug-likeness (QED) is 0.179. The van der Waals surface area contributed by atoms with E-state index in [0.717, 1.165) is 93.2 Å². The molecule has 0 spiro atoms. The molecular weight excluding hydrogens is 671 g/mol. The molecule has 9 aromatic carbocycles. The molecule has 0 bridgehead atoms. The van der Waals surface area contributed by atoms with Crippen molar-refractivity contribution in [3.63, 3.8) is 0 Å². The average molecular weight is 702 g/mol. The van der Waals surface area contributed by atoms with E-state index in [1.54, 1.807) is 0 Å². The molecule has 0 unspecified atom stereocenters. The first-order chi connectivity index (χ1) is 27.3. The lowest BCUT2D eigenvalue weighted by Gasteiger charge is -2.12. The minimum absolute atomic E-state index is 0.626. The molecule has 0 aliphatic heterocycles. The summed E-state index contributed by atoms with van der Waals surface area (Å²) in [6.07, 6.45) is 0. The van der Waals surface area contributed by atoms with E-state index < -0.39 is 0 Å². The van der Waals surface area contributed by atoms with E-state index in [2.05, 4.69) is 188 Å². The van der Waals surface area contributed by atoms with Crippen LogP contribution in [0.2, 0.25) is 0 Å². The topological polar surface area (TPSA) is 51.8 Å². The van der Waals surface area contributed by atoms with Gasteiger partial charge >= 0.3 is 0 Å². The summed E-state index contributed by atoms with van der Waals surface area (Å²) in [7, 11) is 0. The van der Waals surface area contributed by atoms with Gasteiger partial charge in [0.1, 0.15) is 11.2 Å². The first-order valence-corrected chi connectivity index (χ1v) is 18.5. The van der Waals surface area contributed by atoms with Crippen LogP contribution in [0.3, 0.4) is 0 Å². The first kappa shape index (κ1) is 31.1. The van der Waals surface area contributed by atoms with E-state index in [-0.39, 0.29) is 0 Å². The third kappa shape index (κ3) is 5.19. The van der Waals surface area contributed by atoms with Crippen molar-refractivity contribution < 1.29 is 4.42 Å². The third-order valence-corrected chi connectivity index (χ3v) is 10.7. The zero-order chi connectivity index (χ0) is 36.3. The molecule has 55 heavy (non-hydrogen) atoms. The molecule has 11 rings (SSSR count). The molecule has 0 saturated carbocycles. The highest BCUT2D eigenvalue weighted by molar-refractivity contribution is 6.22. The molecule has 0 radical (unpaired) electrons. The van der Waals surface area contributed by atoms with Gasteiger partial charge < -0.3 is 4.42 Å². The maximum Gasteiger partial charge on any atom is 0.164 e. The van der Waals surface area contributed by atoms with Gasteiger partial charge in [-0.2, -0.15) is 0 Å². The maximum atomic E-state index is 6.62. The molecule has 0 atom stereocenters. The van der Waals surface area contributed by atoms with E-state index in [4.69, 9.17) is 19.4 Å². The standard InChI is InChI=1S/C51H31N3O/c1-2-13-34(14-3-1)39-23-12-26-46-47(39)45-31-44(40-21-8-9-22-41(40)48(45)55-46)35-27-29-36(30-28-35)49-52-50(42-24-10-17-32-15-4-6-19-37(32)42)54-51(53-49)43-25-11-18-33-16-5-7-20-38(33)43/h1-31H. The molecule has 0 amide bonds. The molecule has 0 aliphatic rings. The minimum atomic E-state index is 0.626. The highest BCUT2D eigenvalue weighted by Crippen LogP contribution is 2.43. The summed E-state index contributed by atoms with van der Waals surface area (Å²) in [4.78, 5) is 15.5. The van der Waals surface area contributed by atoms with Crippen LogP contribution in [0.4, 0.5) is 0 Å². The zero-order valence-electron chi connectivity index (χ0n) is 29.6. The Hall–Kier alpha value is -7.43. The third-order valence-electron chi connectivity index (χ3n) is 10.7. The summed E-state index contributed by atoms with van der Waals surface area (Å²) in [5.41, 5.74) is 9.22. The van der Waals surface area contributed by atoms with Crippen molar-refractivity contribution in [1.82, 2.24) is 15.0 Å². The van der Waals surface area contributed by atoms with Gasteiger partial charge in [0.15, 0.2) is 17.5 Å². The van der Waals surface area contributed by atoms with Crippen LogP contribution in [-0.2, 0) is 0 Å². The SMILES string of the molecule is c1ccc(-c2cccc3oc4c5ccccc5c(-c5ccc(-c6nc(-c7cccc8ccccc78)nc(-c7cccc8ccccc78)n6)cc5)cc4c23)cc1. The Morgan fingerprint density at radius 1 is 0.309 bits per heavy atom. The predicted octanol–water partition coefficient (Wildman–Crippen LogP) is 13.6. The molecule has 4 heteroatoms. The van der Waals surface area contributed by atoms with E-state index in [1.165, 1.54) is 0 Å². The Bertz CT molecular complexity index is 3150. The smallest absolute Gasteiger partial charge is 0.164 e. The zero-order valence-corrected chi connectivity index (χ0v) is 29.6. The second kappa shape index (κ2) is 12.6. The maximum absolute atomic E-state index is 6.62. The molecule has 2 aromatic heterocycles. The van der Waals surface area contributed by atoms with Crippen molar-refractivity contribution in [1.29, 1.82) is 0 Å². The number of nitrogens with zero attached hydrogens (tertiary/aromatic N) is 3. The van der Waals surface area contributed by atoms with Crippen LogP contribution < -0.4 is 0 Å². The van der Waals surface area contributed by atoms with Crippen LogP contribution in [0, 0.1) is 0 Å². The number of fused-ring (bicyclic) bond motifs is 7. The van der Waals surface area contributed by atoms with E-state index in [1.807, 2.05) is 0 Å². The summed E-state index contributed by atoms with van der Waals surface area (Å²) >= 11 is 0. The summed E-state index contributed by atoms with van der Waals surface area (Å²) in [6.45, 7) is 0. The van der Waals surface area contributed by atoms with E-state index in [9.17, 15) is 0 Å². The Morgan fingerprint density at radius 3 is 1.47 bits per heavy atom. The Morgan fingerprint density at radius 2 is 0.800 bits per heavy atom. The fourth-order valence-corrected chi connectivity index (χ4v) is 8.13. The van der Waals surface area contributed by atoms with Crippen molar-refractivity contribution in [3.05, 3.63) is 188 Å². The molecule has 0 N–H and O–H groups in total. The lowest BCUT2D eigenvalue weighted by Crippen LogP contribution is -2.01. The van der Waals surface area contributed by atoms with Crippen LogP contribution in [-0.4, -0.2) is 15.0 Å². The van der Waals surface area contributed by atoms with Crippen molar-refractivity contribution in [2.75, 3.05) is 0 Å². The lowest BCUT2D eigenvalue weighted by atomic mass is 9.93. The summed E-state index contributed by atoms with van der Waals surface area (Å²) < 4.78 is 6.62. The number of hydrogen-bond acceptors (Lipinski definition) is 4. The van der Waals surface area contributed by atoms with Crippen molar-refractivity contribution in [2.45, 2.75) is 0 Å². The van der Waals surface area contributed by atoms with Crippen LogP contribution >= 0.6 is 0 Å². The average Bonchev–Trinajstić information content (AvgIpc) is 3.65. The molecule has 11 aromatic rings. The monoisotopic (exact) mass is 701 g/mol. The number of benzene rings is 9. The summed E-state index contributed by atoms with van der Waals surface area (Å²) in [5, 5.41) is 8.94. The van der Waals surface area contributed by atoms with E-state index >= 15 is 0 Å². The highest BCUT2D eigenvalue weighted by Gasteiger charge is 2.19. The van der Waals surface area contributed by atoms with Crippen molar-refractivity contribution in [2.24, 2.45) is 0 Å². The fourth-order valence-electron chi connectivity index (χ4n) is 8.13. The summed E-state index contributed by atoms with van der Waals surface area (Å²) in [6, 6.07) is 65.7. The van der Waals surface area contributed by atoms with Gasteiger partial charge in [0.2, 0.25) is 0 Å². The van der Waals surface area contributed by atoms with Gasteiger partial charge in [-0.05, 0) is 61.3 Å². The highest BCUT2D eigenvalue weighted by atomic mass is 16.3. The molecule has 4 nitrogen and oxygen atoms in total. The van der Waals surface area contributed by atoms with Crippen LogP contribution in [0.15, 0.2) is 192 Å². The molecule has 0 fully saturated rings. The predicted molar refractivity (Wildman–Crippen MR) is 227 cm³/mol. The summed E-state index contributed by atoms with van der Waals surface area (Å²) in [5.74, 6) is 1.92. The van der Waals surface area contributed by atoms with Gasteiger partial charge in [0.05, 0.1) is 0 Å².